The van der Waals surface area contributed by atoms with Gasteiger partial charge in [-0.1, -0.05) is 0 Å². The van der Waals surface area contributed by atoms with E-state index < -0.39 is 0 Å². The number of hydrogen-bond acceptors (Lipinski definition) is 5. The summed E-state index contributed by atoms with van der Waals surface area (Å²) in [6.45, 7) is 9.36. The first kappa shape index (κ1) is 23.8. The summed E-state index contributed by atoms with van der Waals surface area (Å²) in [5.74, 6) is 0.422. The molecule has 3 rings (SSSR count). The lowest BCUT2D eigenvalue weighted by atomic mass is 9.80. The zero-order valence-electron chi connectivity index (χ0n) is 19.9. The highest BCUT2D eigenvalue weighted by Crippen LogP contribution is 2.43. The molecule has 0 spiro atoms. The highest BCUT2D eigenvalue weighted by atomic mass is 16.5. The second kappa shape index (κ2) is 9.71. The lowest BCUT2D eigenvalue weighted by Gasteiger charge is -2.32. The molecule has 0 aliphatic carbocycles. The zero-order chi connectivity index (χ0) is 22.8. The first-order valence-corrected chi connectivity index (χ1v) is 11.1. The molecule has 8 heteroatoms. The maximum Gasteiger partial charge on any atom is 0.255 e. The van der Waals surface area contributed by atoms with Crippen LogP contribution in [0, 0.1) is 25.2 Å². The maximum atomic E-state index is 13.5. The molecule has 0 saturated carbocycles. The highest BCUT2D eigenvalue weighted by Gasteiger charge is 2.54. The summed E-state index contributed by atoms with van der Waals surface area (Å²) >= 11 is 0. The minimum atomic E-state index is -0.0907. The lowest BCUT2D eigenvalue weighted by molar-refractivity contribution is -0.134. The van der Waals surface area contributed by atoms with Crippen LogP contribution in [0.2, 0.25) is 0 Å². The maximum absolute atomic E-state index is 13.5. The zero-order valence-corrected chi connectivity index (χ0v) is 19.9. The summed E-state index contributed by atoms with van der Waals surface area (Å²) in [6, 6.07) is 2.02. The topological polar surface area (TPSA) is 67.2 Å². The first-order valence-electron chi connectivity index (χ1n) is 11.1. The third-order valence-electron chi connectivity index (χ3n) is 6.83. The Kier molecular flexibility index (Phi) is 7.44. The van der Waals surface area contributed by atoms with Gasteiger partial charge < -0.3 is 28.7 Å². The van der Waals surface area contributed by atoms with Crippen LogP contribution in [0.25, 0.3) is 0 Å². The van der Waals surface area contributed by atoms with Crippen molar-refractivity contribution in [3.63, 3.8) is 0 Å². The van der Waals surface area contributed by atoms with E-state index in [4.69, 9.17) is 9.47 Å². The Balaban J connectivity index is 1.76. The van der Waals surface area contributed by atoms with Crippen LogP contribution in [-0.2, 0) is 20.8 Å². The van der Waals surface area contributed by atoms with Gasteiger partial charge in [-0.25, -0.2) is 0 Å². The van der Waals surface area contributed by atoms with E-state index in [0.29, 0.717) is 32.8 Å². The Morgan fingerprint density at radius 3 is 2.45 bits per heavy atom. The van der Waals surface area contributed by atoms with E-state index in [-0.39, 0.29) is 29.8 Å². The number of ether oxygens (including phenoxy) is 2. The van der Waals surface area contributed by atoms with Crippen LogP contribution in [0.3, 0.4) is 0 Å². The molecule has 174 valence electrons. The lowest BCUT2D eigenvalue weighted by Crippen LogP contribution is -2.44. The van der Waals surface area contributed by atoms with Crippen LogP contribution in [-0.4, -0.2) is 105 Å². The first-order chi connectivity index (χ1) is 14.7. The summed E-state index contributed by atoms with van der Waals surface area (Å²) < 4.78 is 12.4. The van der Waals surface area contributed by atoms with Gasteiger partial charge in [-0.3, -0.25) is 9.59 Å². The molecule has 1 aromatic heterocycles. The quantitative estimate of drug-likeness (QED) is 0.548. The van der Waals surface area contributed by atoms with E-state index in [0.717, 1.165) is 36.5 Å². The Morgan fingerprint density at radius 1 is 1.13 bits per heavy atom. The fourth-order valence-corrected chi connectivity index (χ4v) is 5.49. The fraction of sp³-hybridized carbons (Fsp3) is 0.739. The van der Waals surface area contributed by atoms with Gasteiger partial charge in [0, 0.05) is 82.8 Å². The van der Waals surface area contributed by atoms with Crippen LogP contribution in [0.15, 0.2) is 6.07 Å². The number of methoxy groups -OCH3 is 2. The van der Waals surface area contributed by atoms with Gasteiger partial charge in [0.1, 0.15) is 6.61 Å². The average Bonchev–Trinajstić information content (AvgIpc) is 3.30. The van der Waals surface area contributed by atoms with Crippen LogP contribution >= 0.6 is 0 Å². The molecule has 8 nitrogen and oxygen atoms in total. The third-order valence-corrected chi connectivity index (χ3v) is 6.83. The molecule has 31 heavy (non-hydrogen) atoms. The smallest absolute Gasteiger partial charge is 0.255 e. The van der Waals surface area contributed by atoms with Crippen LogP contribution < -0.4 is 0 Å². The van der Waals surface area contributed by atoms with Crippen molar-refractivity contribution in [1.29, 1.82) is 0 Å². The molecule has 0 N–H and O–H groups in total. The minimum Gasteiger partial charge on any atom is -0.385 e. The van der Waals surface area contributed by atoms with E-state index in [1.54, 1.807) is 14.2 Å². The van der Waals surface area contributed by atoms with Gasteiger partial charge >= 0.3 is 0 Å². The van der Waals surface area contributed by atoms with Gasteiger partial charge in [0.05, 0.1) is 5.56 Å². The number of fused-ring (bicyclic) bond motifs is 1. The summed E-state index contributed by atoms with van der Waals surface area (Å²) in [5, 5.41) is 0. The number of carbonyl (C=O) groups is 2. The van der Waals surface area contributed by atoms with E-state index in [9.17, 15) is 9.59 Å². The molecule has 2 saturated heterocycles. The second-order valence-electron chi connectivity index (χ2n) is 9.47. The van der Waals surface area contributed by atoms with E-state index in [2.05, 4.69) is 30.5 Å². The molecular weight excluding hydrogens is 396 g/mol. The second-order valence-corrected chi connectivity index (χ2v) is 9.47. The van der Waals surface area contributed by atoms with Crippen LogP contribution in [0.1, 0.15) is 28.2 Å². The molecule has 0 bridgehead atoms. The molecule has 2 aliphatic heterocycles. The van der Waals surface area contributed by atoms with Crippen molar-refractivity contribution in [1.82, 2.24) is 19.3 Å². The van der Waals surface area contributed by atoms with Crippen molar-refractivity contribution < 1.29 is 19.1 Å². The van der Waals surface area contributed by atoms with Crippen LogP contribution in [0.4, 0.5) is 0 Å². The Bertz CT molecular complexity index is 806. The largest absolute Gasteiger partial charge is 0.385 e. The summed E-state index contributed by atoms with van der Waals surface area (Å²) in [7, 11) is 7.38. The van der Waals surface area contributed by atoms with Crippen LogP contribution in [0.5, 0.6) is 0 Å². The number of aryl methyl sites for hydroxylation is 1. The monoisotopic (exact) mass is 434 g/mol. The standard InChI is InChI=1S/C23H38N4O4/c1-17-10-20(18(2)27(17)8-7-9-30-5)22(29)26-12-19-11-25(21(28)13-31-6)15-23(19,16-26)14-24(3)4/h10,19H,7-9,11-16H2,1-6H3/t19-,23+/m1/s1. The molecule has 3 heterocycles. The van der Waals surface area contributed by atoms with Crippen molar-refractivity contribution in [2.45, 2.75) is 26.8 Å². The summed E-state index contributed by atoms with van der Waals surface area (Å²) in [6.07, 6.45) is 0.920. The van der Waals surface area contributed by atoms with Gasteiger partial charge in [-0.15, -0.1) is 0 Å². The predicted octanol–water partition coefficient (Wildman–Crippen LogP) is 1.25. The fourth-order valence-electron chi connectivity index (χ4n) is 5.49. The molecule has 2 fully saturated rings. The van der Waals surface area contributed by atoms with Crippen molar-refractivity contribution in [2.24, 2.45) is 11.3 Å². The molecule has 0 aromatic carbocycles. The van der Waals surface area contributed by atoms with E-state index in [1.807, 2.05) is 22.8 Å². The SMILES string of the molecule is COCCCn1c(C)cc(C(=O)N2C[C@H]3CN(C(=O)COC)C[C@@]3(CN(C)C)C2)c1C. The predicted molar refractivity (Wildman–Crippen MR) is 119 cm³/mol. The van der Waals surface area contributed by atoms with E-state index in [1.165, 1.54) is 0 Å². The number of nitrogens with zero attached hydrogens (tertiary/aromatic N) is 4. The Labute approximate surface area is 186 Å². The van der Waals surface area contributed by atoms with Crippen molar-refractivity contribution >= 4 is 11.8 Å². The minimum absolute atomic E-state index is 0.0347. The Morgan fingerprint density at radius 2 is 1.81 bits per heavy atom. The van der Waals surface area contributed by atoms with Gasteiger partial charge in [-0.2, -0.15) is 0 Å². The van der Waals surface area contributed by atoms with Gasteiger partial charge in [0.2, 0.25) is 5.91 Å². The molecule has 0 unspecified atom stereocenters. The molecule has 2 aliphatic rings. The molecule has 1 aromatic rings. The molecule has 0 radical (unpaired) electrons. The summed E-state index contributed by atoms with van der Waals surface area (Å²) in [4.78, 5) is 32.0. The number of hydrogen-bond donors (Lipinski definition) is 0. The number of carbonyl (C=O) groups excluding carboxylic acids is 2. The highest BCUT2D eigenvalue weighted by molar-refractivity contribution is 5.96. The number of amides is 2. The third kappa shape index (κ3) is 4.81. The number of aromatic nitrogens is 1. The van der Waals surface area contributed by atoms with Crippen molar-refractivity contribution in [3.8, 4) is 0 Å². The average molecular weight is 435 g/mol. The number of rotatable bonds is 9. The van der Waals surface area contributed by atoms with Gasteiger partial charge in [0.25, 0.3) is 5.91 Å². The number of likely N-dealkylation sites (tertiary alicyclic amines) is 2. The Hall–Kier alpha value is -1.90. The van der Waals surface area contributed by atoms with Gasteiger partial charge in [0.15, 0.2) is 0 Å². The van der Waals surface area contributed by atoms with Crippen molar-refractivity contribution in [2.75, 3.05) is 74.3 Å². The molecule has 2 amide bonds. The normalized spacial score (nSPS) is 23.1. The van der Waals surface area contributed by atoms with Crippen molar-refractivity contribution in [3.05, 3.63) is 23.0 Å². The van der Waals surface area contributed by atoms with Gasteiger partial charge in [-0.05, 0) is 40.4 Å². The summed E-state index contributed by atoms with van der Waals surface area (Å²) in [5.41, 5.74) is 2.83. The van der Waals surface area contributed by atoms with E-state index >= 15 is 0 Å². The molecule has 2 atom stereocenters. The molecular formula is C23H38N4O4.